The van der Waals surface area contributed by atoms with E-state index in [9.17, 15) is 19.2 Å². The third kappa shape index (κ3) is 27.0. The fraction of sp³-hybridized carbons (Fsp3) is 0.217. The molecule has 2 saturated carbocycles. The van der Waals surface area contributed by atoms with Crippen LogP contribution in [0.1, 0.15) is 82.0 Å². The predicted octanol–water partition coefficient (Wildman–Crippen LogP) is -7.74. The zero-order valence-corrected chi connectivity index (χ0v) is 42.7. The van der Waals surface area contributed by atoms with E-state index >= 15 is 0 Å². The number of carbonyl (C=O) groups excluding carboxylic acids is 4. The van der Waals surface area contributed by atoms with Crippen LogP contribution in [0, 0.1) is 20.5 Å². The average molecular weight is 966 g/mol. The minimum Gasteiger partial charge on any atom is -0.384 e. The Bertz CT molecular complexity index is 1960. The molecule has 0 heterocycles. The molecule has 20 heteroatoms. The van der Waals surface area contributed by atoms with Gasteiger partial charge in [0.1, 0.15) is 0 Å². The van der Waals surface area contributed by atoms with Crippen molar-refractivity contribution in [1.82, 2.24) is 21.3 Å². The van der Waals surface area contributed by atoms with Gasteiger partial charge in [-0.05, 0) is 40.5 Å². The number of allylic oxidation sites excluding steroid dienone is 8. The van der Waals surface area contributed by atoms with Crippen LogP contribution in [0.25, 0.3) is 0 Å². The fourth-order valence-electron chi connectivity index (χ4n) is 5.89. The number of hydrogen-bond acceptors (Lipinski definition) is 16. The average Bonchev–Trinajstić information content (AvgIpc) is 4.15. The first kappa shape index (κ1) is 60.0. The Kier molecular flexibility index (Phi) is 27.0. The second-order valence-electron chi connectivity index (χ2n) is 14.5. The van der Waals surface area contributed by atoms with Gasteiger partial charge in [0.2, 0.25) is 0 Å². The van der Waals surface area contributed by atoms with Gasteiger partial charge < -0.3 is 21.3 Å². The molecule has 4 N–H and O–H groups in total. The molecule has 0 aromatic heterocycles. The van der Waals surface area contributed by atoms with Crippen molar-refractivity contribution in [3.05, 3.63) is 191 Å². The van der Waals surface area contributed by atoms with E-state index in [4.69, 9.17) is 37.3 Å². The fourth-order valence-corrected chi connectivity index (χ4v) is 5.89. The minimum atomic E-state index is -4.94. The molecule has 0 radical (unpaired) electrons. The van der Waals surface area contributed by atoms with Crippen LogP contribution in [0.5, 0.6) is 0 Å². The number of halogens is 2. The van der Waals surface area contributed by atoms with Crippen LogP contribution in [0.4, 0.5) is 0 Å². The summed E-state index contributed by atoms with van der Waals surface area (Å²) in [6.07, 6.45) is 8.43. The summed E-state index contributed by atoms with van der Waals surface area (Å²) >= 11 is 0. The van der Waals surface area contributed by atoms with E-state index in [1.54, 1.807) is 24.3 Å². The Morgan fingerprint density at radius 2 is 0.530 bits per heavy atom. The molecule has 0 unspecified atom stereocenters. The first-order valence-electron chi connectivity index (χ1n) is 19.5. The van der Waals surface area contributed by atoms with Crippen LogP contribution in [-0.4, -0.2) is 47.3 Å². The Balaban J connectivity index is 0.000000534. The summed E-state index contributed by atoms with van der Waals surface area (Å²) in [7, 11) is -9.89. The summed E-state index contributed by atoms with van der Waals surface area (Å²) in [6.45, 7) is 7.60. The van der Waals surface area contributed by atoms with Crippen LogP contribution < -0.4 is 118 Å². The molecular formula is C46H48Cl2N4Na2O12. The summed E-state index contributed by atoms with van der Waals surface area (Å²) in [5, 5.41) is 13.4. The Hall–Kier alpha value is -4.02. The predicted molar refractivity (Wildman–Crippen MR) is 215 cm³/mol. The van der Waals surface area contributed by atoms with Gasteiger partial charge in [-0.2, -0.15) is 0 Å². The van der Waals surface area contributed by atoms with Gasteiger partial charge in [-0.25, -0.2) is 37.3 Å². The first-order valence-corrected chi connectivity index (χ1v) is 21.9. The van der Waals surface area contributed by atoms with Crippen molar-refractivity contribution in [3.8, 4) is 0 Å². The molecule has 66 heavy (non-hydrogen) atoms. The Morgan fingerprint density at radius 3 is 0.682 bits per heavy atom. The van der Waals surface area contributed by atoms with E-state index in [0.717, 1.165) is 35.6 Å². The summed E-state index contributed by atoms with van der Waals surface area (Å²) in [5.74, 6) is -0.0174. The third-order valence-electron chi connectivity index (χ3n) is 8.86. The topological polar surface area (TPSA) is 301 Å². The number of nitrogens with one attached hydrogen (secondary N) is 4. The van der Waals surface area contributed by atoms with E-state index in [0.29, 0.717) is 22.3 Å². The van der Waals surface area contributed by atoms with Crippen LogP contribution in [0.15, 0.2) is 168 Å². The van der Waals surface area contributed by atoms with Crippen LogP contribution in [0.3, 0.4) is 0 Å². The minimum absolute atomic E-state index is 0. The number of benzene rings is 4. The zero-order valence-electron chi connectivity index (χ0n) is 37.2. The maximum Gasteiger partial charge on any atom is 1.00 e. The quantitative estimate of drug-likeness (QED) is 0.0461. The molecule has 2 aliphatic carbocycles. The van der Waals surface area contributed by atoms with Crippen LogP contribution in [-0.2, 0) is 0 Å². The molecule has 0 aliphatic heterocycles. The van der Waals surface area contributed by atoms with Crippen molar-refractivity contribution in [3.63, 3.8) is 0 Å². The van der Waals surface area contributed by atoms with E-state index in [1.165, 1.54) is 0 Å². The molecule has 0 spiro atoms. The van der Waals surface area contributed by atoms with Gasteiger partial charge in [0.25, 0.3) is 0 Å². The SMILES string of the molecule is C/C(=C\C(=O)c1ccccc1)N[C@H]1C[C@H]1N/C(C)=C/C(=O)c1ccccc1.C/C(=C\C(=O)c1ccccc1)N[C@H]1C[C@H]1N/C(C)=C/C(=O)c1ccccc1.[Na+].[Na+].[O-][Cl+3]([O-])([O-])[O-].[O-][Cl+3]([O-])([O-])[O-]. The largest absolute Gasteiger partial charge is 1.00 e. The summed E-state index contributed by atoms with van der Waals surface area (Å²) < 4.78 is 67.9. The third-order valence-corrected chi connectivity index (χ3v) is 8.86. The summed E-state index contributed by atoms with van der Waals surface area (Å²) in [4.78, 5) is 48.8. The molecule has 2 aliphatic rings. The normalized spacial score (nSPS) is 17.6. The maximum atomic E-state index is 12.2. The van der Waals surface area contributed by atoms with Crippen molar-refractivity contribution in [2.24, 2.45) is 0 Å². The second-order valence-corrected chi connectivity index (χ2v) is 16.0. The zero-order chi connectivity index (χ0) is 47.5. The van der Waals surface area contributed by atoms with Gasteiger partial charge in [-0.15, -0.1) is 20.5 Å². The molecule has 0 bridgehead atoms. The number of rotatable bonds is 16. The van der Waals surface area contributed by atoms with E-state index in [-0.39, 0.29) is 106 Å². The smallest absolute Gasteiger partial charge is 0.384 e. The molecule has 340 valence electrons. The van der Waals surface area contributed by atoms with Gasteiger partial charge >= 0.3 is 59.1 Å². The van der Waals surface area contributed by atoms with E-state index < -0.39 is 20.5 Å². The molecule has 4 aromatic carbocycles. The van der Waals surface area contributed by atoms with Crippen LogP contribution >= 0.6 is 0 Å². The van der Waals surface area contributed by atoms with Crippen molar-refractivity contribution >= 4 is 23.1 Å². The number of hydrogen-bond donors (Lipinski definition) is 4. The van der Waals surface area contributed by atoms with Gasteiger partial charge in [0.15, 0.2) is 23.1 Å². The number of carbonyl (C=O) groups is 4. The van der Waals surface area contributed by atoms with Gasteiger partial charge in [0, 0.05) is 93.5 Å². The molecular weight excluding hydrogens is 917 g/mol. The van der Waals surface area contributed by atoms with Crippen molar-refractivity contribution in [1.29, 1.82) is 0 Å². The van der Waals surface area contributed by atoms with E-state index in [1.807, 2.05) is 149 Å². The summed E-state index contributed by atoms with van der Waals surface area (Å²) in [6, 6.07) is 38.0. The monoisotopic (exact) mass is 964 g/mol. The molecule has 16 nitrogen and oxygen atoms in total. The number of ketones is 4. The Morgan fingerprint density at radius 1 is 0.379 bits per heavy atom. The van der Waals surface area contributed by atoms with Crippen molar-refractivity contribution < 1.29 is 136 Å². The molecule has 6 rings (SSSR count). The molecule has 0 amide bonds. The Labute approximate surface area is 432 Å². The molecule has 4 aromatic rings. The van der Waals surface area contributed by atoms with Gasteiger partial charge in [0.05, 0.1) is 0 Å². The summed E-state index contributed by atoms with van der Waals surface area (Å²) in [5.41, 5.74) is 6.12. The standard InChI is InChI=1S/2C23H24N2O2.2ClHO4.2Na/c2*1-16(13-22(26)18-9-5-3-6-10-18)24-20-15-21(20)25-17(2)14-23(27)19-11-7-4-8-12-19;2*2-1(3,4)5;;/h2*3-14,20-21,24-25H,15H2,1-2H3;2*(H,2,3,4,5);;/q;;;;2*+1/p-2/b2*16-13+,17-14+;;;;/t2*20-,21+;;;;. The van der Waals surface area contributed by atoms with Crippen molar-refractivity contribution in [2.45, 2.75) is 64.7 Å². The molecule has 4 atom stereocenters. The van der Waals surface area contributed by atoms with Gasteiger partial charge in [-0.3, -0.25) is 19.2 Å². The van der Waals surface area contributed by atoms with E-state index in [2.05, 4.69) is 21.3 Å². The van der Waals surface area contributed by atoms with Crippen LogP contribution in [0.2, 0.25) is 0 Å². The van der Waals surface area contributed by atoms with Gasteiger partial charge in [-0.1, -0.05) is 121 Å². The molecule has 2 fully saturated rings. The first-order chi connectivity index (χ1) is 30.0. The second kappa shape index (κ2) is 29.7. The maximum absolute atomic E-state index is 12.2. The molecule has 0 saturated heterocycles. The van der Waals surface area contributed by atoms with Crippen molar-refractivity contribution in [2.75, 3.05) is 0 Å².